The summed E-state index contributed by atoms with van der Waals surface area (Å²) in [7, 11) is 0. The van der Waals surface area contributed by atoms with Crippen molar-refractivity contribution >= 4 is 23.5 Å². The molecule has 2 atom stereocenters. The predicted molar refractivity (Wildman–Crippen MR) is 109 cm³/mol. The quantitative estimate of drug-likeness (QED) is 0.749. The fourth-order valence-corrected chi connectivity index (χ4v) is 4.98. The van der Waals surface area contributed by atoms with Crippen LogP contribution in [0, 0.1) is 5.92 Å². The topological polar surface area (TPSA) is 15.6 Å². The molecule has 2 aromatic carbocycles. The smallest absolute Gasteiger partial charge is 0.0812 e. The summed E-state index contributed by atoms with van der Waals surface area (Å²) in [6.45, 7) is 3.25. The summed E-state index contributed by atoms with van der Waals surface area (Å²) >= 11 is 2.04. The van der Waals surface area contributed by atoms with E-state index in [1.807, 2.05) is 11.8 Å². The first kappa shape index (κ1) is 16.5. The number of fused-ring (bicyclic) bond motifs is 1. The molecule has 2 aliphatic rings. The number of hydrogen-bond acceptors (Lipinski definition) is 3. The van der Waals surface area contributed by atoms with Gasteiger partial charge in [-0.3, -0.25) is 5.01 Å². The van der Waals surface area contributed by atoms with Crippen molar-refractivity contribution in [3.8, 4) is 0 Å². The minimum Gasteiger partial charge on any atom is -0.289 e. The van der Waals surface area contributed by atoms with Crippen LogP contribution in [0.5, 0.6) is 0 Å². The van der Waals surface area contributed by atoms with E-state index >= 15 is 0 Å². The van der Waals surface area contributed by atoms with E-state index in [-0.39, 0.29) is 0 Å². The van der Waals surface area contributed by atoms with Gasteiger partial charge in [0.1, 0.15) is 0 Å². The van der Waals surface area contributed by atoms with Gasteiger partial charge in [0.15, 0.2) is 0 Å². The summed E-state index contributed by atoms with van der Waals surface area (Å²) in [5, 5.41) is 7.44. The average molecular weight is 349 g/mol. The lowest BCUT2D eigenvalue weighted by Crippen LogP contribution is -2.30. The molecule has 0 amide bonds. The molecule has 1 fully saturated rings. The monoisotopic (exact) mass is 348 g/mol. The molecular weight excluding hydrogens is 324 g/mol. The second-order valence-corrected chi connectivity index (χ2v) is 7.74. The highest BCUT2D eigenvalue weighted by Crippen LogP contribution is 2.43. The van der Waals surface area contributed by atoms with Crippen LogP contribution in [0.15, 0.2) is 71.3 Å². The van der Waals surface area contributed by atoms with Crippen molar-refractivity contribution in [3.63, 3.8) is 0 Å². The van der Waals surface area contributed by atoms with E-state index in [0.717, 1.165) is 24.5 Å². The van der Waals surface area contributed by atoms with Crippen molar-refractivity contribution in [3.05, 3.63) is 77.4 Å². The molecule has 4 rings (SSSR count). The van der Waals surface area contributed by atoms with Crippen LogP contribution >= 0.6 is 11.8 Å². The molecule has 128 valence electrons. The van der Waals surface area contributed by atoms with Crippen LogP contribution in [0.3, 0.4) is 0 Å². The Morgan fingerprint density at radius 1 is 1.08 bits per heavy atom. The molecule has 0 aromatic heterocycles. The van der Waals surface area contributed by atoms with E-state index in [1.54, 1.807) is 0 Å². The van der Waals surface area contributed by atoms with Crippen molar-refractivity contribution in [2.24, 2.45) is 11.0 Å². The van der Waals surface area contributed by atoms with Crippen LogP contribution in [0.4, 0.5) is 0 Å². The average Bonchev–Trinajstić information content (AvgIpc) is 3.03. The van der Waals surface area contributed by atoms with Gasteiger partial charge in [0.25, 0.3) is 0 Å². The van der Waals surface area contributed by atoms with Crippen molar-refractivity contribution < 1.29 is 0 Å². The van der Waals surface area contributed by atoms with Gasteiger partial charge >= 0.3 is 0 Å². The van der Waals surface area contributed by atoms with Gasteiger partial charge in [-0.25, -0.2) is 0 Å². The first-order valence-corrected chi connectivity index (χ1v) is 10.3. The highest BCUT2D eigenvalue weighted by molar-refractivity contribution is 7.99. The molecule has 2 aromatic rings. The van der Waals surface area contributed by atoms with E-state index in [9.17, 15) is 0 Å². The van der Waals surface area contributed by atoms with Gasteiger partial charge < -0.3 is 0 Å². The molecule has 0 bridgehead atoms. The Kier molecular flexibility index (Phi) is 4.93. The van der Waals surface area contributed by atoms with Crippen LogP contribution in [0.2, 0.25) is 0 Å². The molecule has 0 N–H and O–H groups in total. The van der Waals surface area contributed by atoms with Gasteiger partial charge in [0.05, 0.1) is 11.8 Å². The predicted octanol–water partition coefficient (Wildman–Crippen LogP) is 5.26. The normalized spacial score (nSPS) is 24.3. The van der Waals surface area contributed by atoms with E-state index in [4.69, 9.17) is 5.10 Å². The number of benzene rings is 2. The van der Waals surface area contributed by atoms with E-state index in [2.05, 4.69) is 78.7 Å². The molecule has 25 heavy (non-hydrogen) atoms. The Bertz CT molecular complexity index is 767. The minimum atomic E-state index is 0.378. The SMILES string of the molecule is CCCN1N=C2/C(=C\c3ccccc3)CSCC2C1c1ccccc1. The standard InChI is InChI=1S/C22H24N2S/c1-2-13-24-22(18-11-7-4-8-12-18)20-16-25-15-19(21(20)23-24)14-17-9-5-3-6-10-17/h3-12,14,20,22H,2,13,15-16H2,1H3/b19-14-. The van der Waals surface area contributed by atoms with Gasteiger partial charge in [0, 0.05) is 24.0 Å². The largest absolute Gasteiger partial charge is 0.289 e. The molecule has 0 spiro atoms. The lowest BCUT2D eigenvalue weighted by molar-refractivity contribution is 0.209. The third kappa shape index (κ3) is 3.38. The fourth-order valence-electron chi connectivity index (χ4n) is 3.81. The molecule has 2 unspecified atom stereocenters. The lowest BCUT2D eigenvalue weighted by Gasteiger charge is -2.30. The first-order chi connectivity index (χ1) is 12.4. The Balaban J connectivity index is 1.70. The highest BCUT2D eigenvalue weighted by Gasteiger charge is 2.41. The molecule has 2 nitrogen and oxygen atoms in total. The van der Waals surface area contributed by atoms with Crippen LogP contribution in [-0.2, 0) is 0 Å². The van der Waals surface area contributed by atoms with Gasteiger partial charge in [0.2, 0.25) is 0 Å². The summed E-state index contributed by atoms with van der Waals surface area (Å²) < 4.78 is 0. The number of rotatable bonds is 4. The fraction of sp³-hybridized carbons (Fsp3) is 0.318. The van der Waals surface area contributed by atoms with Gasteiger partial charge in [-0.05, 0) is 29.2 Å². The van der Waals surface area contributed by atoms with Gasteiger partial charge in [-0.1, -0.05) is 67.6 Å². The van der Waals surface area contributed by atoms with Crippen molar-refractivity contribution in [1.29, 1.82) is 0 Å². The highest BCUT2D eigenvalue weighted by atomic mass is 32.2. The maximum atomic E-state index is 5.10. The molecule has 3 heteroatoms. The molecule has 1 saturated heterocycles. The second-order valence-electron chi connectivity index (χ2n) is 6.71. The minimum absolute atomic E-state index is 0.378. The molecule has 0 aliphatic carbocycles. The Labute approximate surface area is 154 Å². The lowest BCUT2D eigenvalue weighted by atomic mass is 9.87. The molecular formula is C22H24N2S. The zero-order chi connectivity index (χ0) is 17.1. The zero-order valence-corrected chi connectivity index (χ0v) is 15.5. The van der Waals surface area contributed by atoms with Crippen LogP contribution in [-0.4, -0.2) is 28.8 Å². The number of hydrogen-bond donors (Lipinski definition) is 0. The summed E-state index contributed by atoms with van der Waals surface area (Å²) in [5.41, 5.74) is 5.37. The molecule has 2 aliphatic heterocycles. The molecule has 0 saturated carbocycles. The van der Waals surface area contributed by atoms with Gasteiger partial charge in [-0.2, -0.15) is 16.9 Å². The molecule has 0 radical (unpaired) electrons. The van der Waals surface area contributed by atoms with E-state index in [0.29, 0.717) is 12.0 Å². The zero-order valence-electron chi connectivity index (χ0n) is 14.6. The third-order valence-corrected chi connectivity index (χ3v) is 6.02. The summed E-state index contributed by atoms with van der Waals surface area (Å²) in [5.74, 6) is 2.71. The first-order valence-electron chi connectivity index (χ1n) is 9.10. The summed E-state index contributed by atoms with van der Waals surface area (Å²) in [4.78, 5) is 0. The number of nitrogens with zero attached hydrogens (tertiary/aromatic N) is 2. The number of hydrazone groups is 1. The van der Waals surface area contributed by atoms with Crippen molar-refractivity contribution in [2.75, 3.05) is 18.1 Å². The third-order valence-electron chi connectivity index (χ3n) is 4.91. The van der Waals surface area contributed by atoms with Crippen LogP contribution in [0.1, 0.15) is 30.5 Å². The summed E-state index contributed by atoms with van der Waals surface area (Å²) in [6.07, 6.45) is 3.45. The molecule has 2 heterocycles. The van der Waals surface area contributed by atoms with Gasteiger partial charge in [-0.15, -0.1) is 0 Å². The van der Waals surface area contributed by atoms with Crippen molar-refractivity contribution in [2.45, 2.75) is 19.4 Å². The number of thioether (sulfide) groups is 1. The maximum Gasteiger partial charge on any atom is 0.0812 e. The Hall–Kier alpha value is -2.00. The Morgan fingerprint density at radius 3 is 2.52 bits per heavy atom. The Morgan fingerprint density at radius 2 is 1.80 bits per heavy atom. The van der Waals surface area contributed by atoms with Crippen molar-refractivity contribution in [1.82, 2.24) is 5.01 Å². The maximum absolute atomic E-state index is 5.10. The summed E-state index contributed by atoms with van der Waals surface area (Å²) in [6, 6.07) is 21.9. The van der Waals surface area contributed by atoms with E-state index < -0.39 is 0 Å². The second kappa shape index (κ2) is 7.49. The van der Waals surface area contributed by atoms with E-state index in [1.165, 1.54) is 22.4 Å². The van der Waals surface area contributed by atoms with Crippen LogP contribution in [0.25, 0.3) is 6.08 Å². The van der Waals surface area contributed by atoms with Crippen LogP contribution < -0.4 is 0 Å².